The first kappa shape index (κ1) is 16.2. The molecule has 1 fully saturated rings. The van der Waals surface area contributed by atoms with Crippen molar-refractivity contribution in [2.45, 2.75) is 38.3 Å². The summed E-state index contributed by atoms with van der Waals surface area (Å²) in [6.45, 7) is 0.481. The fourth-order valence-electron chi connectivity index (χ4n) is 3.12. The number of aromatic nitrogens is 3. The van der Waals surface area contributed by atoms with Gasteiger partial charge in [-0.25, -0.2) is 9.67 Å². The maximum atomic E-state index is 12.6. The third-order valence-corrected chi connectivity index (χ3v) is 4.47. The van der Waals surface area contributed by atoms with Crippen LogP contribution < -0.4 is 5.32 Å². The minimum atomic E-state index is -0.738. The lowest BCUT2D eigenvalue weighted by molar-refractivity contribution is -0.142. The molecule has 0 saturated heterocycles. The van der Waals surface area contributed by atoms with E-state index in [4.69, 9.17) is 5.11 Å². The monoisotopic (exact) mass is 328 g/mol. The van der Waals surface area contributed by atoms with E-state index in [1.807, 2.05) is 18.2 Å². The van der Waals surface area contributed by atoms with Crippen molar-refractivity contribution < 1.29 is 14.7 Å². The normalized spacial score (nSPS) is 20.5. The summed E-state index contributed by atoms with van der Waals surface area (Å²) in [6.07, 6.45) is 5.70. The number of hydrogen-bond donors (Lipinski definition) is 2. The lowest BCUT2D eigenvalue weighted by Crippen LogP contribution is -2.39. The molecule has 0 aliphatic heterocycles. The van der Waals surface area contributed by atoms with E-state index < -0.39 is 5.97 Å². The summed E-state index contributed by atoms with van der Waals surface area (Å²) >= 11 is 0. The number of carboxylic acids is 1. The zero-order valence-corrected chi connectivity index (χ0v) is 13.3. The van der Waals surface area contributed by atoms with Crippen LogP contribution in [0.4, 0.5) is 0 Å². The third kappa shape index (κ3) is 3.79. The van der Waals surface area contributed by atoms with Crippen molar-refractivity contribution in [1.29, 1.82) is 0 Å². The van der Waals surface area contributed by atoms with Gasteiger partial charge in [0.15, 0.2) is 0 Å². The molecule has 7 nitrogen and oxygen atoms in total. The first-order valence-electron chi connectivity index (χ1n) is 8.07. The van der Waals surface area contributed by atoms with E-state index in [1.54, 1.807) is 17.1 Å². The van der Waals surface area contributed by atoms with Crippen LogP contribution in [0.3, 0.4) is 0 Å². The number of rotatable bonds is 5. The van der Waals surface area contributed by atoms with Crippen molar-refractivity contribution in [3.05, 3.63) is 48.0 Å². The minimum Gasteiger partial charge on any atom is -0.481 e. The molecule has 2 aromatic rings. The number of hydrogen-bond acceptors (Lipinski definition) is 4. The summed E-state index contributed by atoms with van der Waals surface area (Å²) in [5, 5.41) is 16.2. The van der Waals surface area contributed by atoms with Gasteiger partial charge < -0.3 is 10.4 Å². The minimum absolute atomic E-state index is 0.0347. The van der Waals surface area contributed by atoms with Gasteiger partial charge in [0.2, 0.25) is 0 Å². The Morgan fingerprint density at radius 1 is 1.21 bits per heavy atom. The SMILES string of the molecule is O=C(NC1CCC(C(=O)O)CC1)c1ccccc1Cn1cncn1. The smallest absolute Gasteiger partial charge is 0.306 e. The molecule has 0 unspecified atom stereocenters. The first-order chi connectivity index (χ1) is 11.6. The molecule has 0 spiro atoms. The first-order valence-corrected chi connectivity index (χ1v) is 8.07. The molecule has 0 atom stereocenters. The van der Waals surface area contributed by atoms with Crippen LogP contribution in [-0.4, -0.2) is 37.8 Å². The lowest BCUT2D eigenvalue weighted by Gasteiger charge is -2.27. The van der Waals surface area contributed by atoms with Gasteiger partial charge >= 0.3 is 5.97 Å². The van der Waals surface area contributed by atoms with Crippen molar-refractivity contribution in [2.75, 3.05) is 0 Å². The summed E-state index contributed by atoms with van der Waals surface area (Å²) < 4.78 is 1.67. The number of amides is 1. The Hall–Kier alpha value is -2.70. The second-order valence-corrected chi connectivity index (χ2v) is 6.11. The molecule has 1 heterocycles. The zero-order chi connectivity index (χ0) is 16.9. The molecule has 0 bridgehead atoms. The fourth-order valence-corrected chi connectivity index (χ4v) is 3.12. The number of nitrogens with one attached hydrogen (secondary N) is 1. The van der Waals surface area contributed by atoms with Crippen LogP contribution in [0, 0.1) is 5.92 Å². The van der Waals surface area contributed by atoms with Crippen LogP contribution in [0.15, 0.2) is 36.9 Å². The molecule has 1 aliphatic carbocycles. The number of aliphatic carboxylic acids is 1. The quantitative estimate of drug-likeness (QED) is 0.870. The lowest BCUT2D eigenvalue weighted by atomic mass is 9.86. The van der Waals surface area contributed by atoms with Crippen molar-refractivity contribution >= 4 is 11.9 Å². The van der Waals surface area contributed by atoms with Crippen LogP contribution in [0.25, 0.3) is 0 Å². The van der Waals surface area contributed by atoms with Gasteiger partial charge in [-0.2, -0.15) is 5.10 Å². The topological polar surface area (TPSA) is 97.1 Å². The van der Waals surface area contributed by atoms with Crippen LogP contribution in [0.1, 0.15) is 41.6 Å². The molecule has 3 rings (SSSR count). The van der Waals surface area contributed by atoms with E-state index in [0.717, 1.165) is 5.56 Å². The number of carboxylic acid groups (broad SMARTS) is 1. The molecule has 24 heavy (non-hydrogen) atoms. The Morgan fingerprint density at radius 2 is 1.96 bits per heavy atom. The van der Waals surface area contributed by atoms with Gasteiger partial charge in [0.05, 0.1) is 12.5 Å². The molecule has 1 aromatic carbocycles. The third-order valence-electron chi connectivity index (χ3n) is 4.47. The average Bonchev–Trinajstić information content (AvgIpc) is 3.09. The maximum Gasteiger partial charge on any atom is 0.306 e. The van der Waals surface area contributed by atoms with Gasteiger partial charge in [0, 0.05) is 11.6 Å². The maximum absolute atomic E-state index is 12.6. The molecule has 126 valence electrons. The Kier molecular flexibility index (Phi) is 4.88. The Morgan fingerprint density at radius 3 is 2.62 bits per heavy atom. The predicted octanol–water partition coefficient (Wildman–Crippen LogP) is 1.70. The average molecular weight is 328 g/mol. The summed E-state index contributed by atoms with van der Waals surface area (Å²) in [5.74, 6) is -1.14. The molecular formula is C17H20N4O3. The highest BCUT2D eigenvalue weighted by atomic mass is 16.4. The van der Waals surface area contributed by atoms with Crippen molar-refractivity contribution in [1.82, 2.24) is 20.1 Å². The van der Waals surface area contributed by atoms with Crippen LogP contribution in [0.2, 0.25) is 0 Å². The molecule has 1 aliphatic rings. The van der Waals surface area contributed by atoms with Crippen molar-refractivity contribution in [3.63, 3.8) is 0 Å². The van der Waals surface area contributed by atoms with Gasteiger partial charge in [-0.05, 0) is 37.3 Å². The highest BCUT2D eigenvalue weighted by Crippen LogP contribution is 2.24. The molecule has 1 amide bonds. The highest BCUT2D eigenvalue weighted by Gasteiger charge is 2.27. The molecule has 0 radical (unpaired) electrons. The summed E-state index contributed by atoms with van der Waals surface area (Å²) in [7, 11) is 0. The van der Waals surface area contributed by atoms with Crippen LogP contribution in [0.5, 0.6) is 0 Å². The van der Waals surface area contributed by atoms with E-state index in [2.05, 4.69) is 15.4 Å². The zero-order valence-electron chi connectivity index (χ0n) is 13.3. The van der Waals surface area contributed by atoms with Crippen molar-refractivity contribution in [3.8, 4) is 0 Å². The van der Waals surface area contributed by atoms with Gasteiger partial charge in [0.25, 0.3) is 5.91 Å². The van der Waals surface area contributed by atoms with E-state index in [9.17, 15) is 9.59 Å². The van der Waals surface area contributed by atoms with Crippen molar-refractivity contribution in [2.24, 2.45) is 5.92 Å². The van der Waals surface area contributed by atoms with Crippen LogP contribution >= 0.6 is 0 Å². The summed E-state index contributed by atoms with van der Waals surface area (Å²) in [4.78, 5) is 27.5. The number of nitrogens with zero attached hydrogens (tertiary/aromatic N) is 3. The summed E-state index contributed by atoms with van der Waals surface area (Å²) in [5.41, 5.74) is 1.49. The molecular weight excluding hydrogens is 308 g/mol. The molecule has 1 aromatic heterocycles. The Bertz CT molecular complexity index is 706. The largest absolute Gasteiger partial charge is 0.481 e. The van der Waals surface area contributed by atoms with Crippen LogP contribution in [-0.2, 0) is 11.3 Å². The highest BCUT2D eigenvalue weighted by molar-refractivity contribution is 5.95. The number of benzene rings is 1. The number of carbonyl (C=O) groups excluding carboxylic acids is 1. The van der Waals surface area contributed by atoms with E-state index in [1.165, 1.54) is 6.33 Å². The van der Waals surface area contributed by atoms with E-state index in [-0.39, 0.29) is 17.9 Å². The van der Waals surface area contributed by atoms with Gasteiger partial charge in [-0.3, -0.25) is 9.59 Å². The Balaban J connectivity index is 1.64. The van der Waals surface area contributed by atoms with E-state index >= 15 is 0 Å². The van der Waals surface area contributed by atoms with Gasteiger partial charge in [-0.1, -0.05) is 18.2 Å². The van der Waals surface area contributed by atoms with Gasteiger partial charge in [0.1, 0.15) is 12.7 Å². The summed E-state index contributed by atoms with van der Waals surface area (Å²) in [6, 6.07) is 7.46. The molecule has 2 N–H and O–H groups in total. The fraction of sp³-hybridized carbons (Fsp3) is 0.412. The Labute approximate surface area is 139 Å². The van der Waals surface area contributed by atoms with E-state index in [0.29, 0.717) is 37.8 Å². The molecule has 1 saturated carbocycles. The number of carbonyl (C=O) groups is 2. The second kappa shape index (κ2) is 7.25. The van der Waals surface area contributed by atoms with Gasteiger partial charge in [-0.15, -0.1) is 0 Å². The molecule has 7 heteroatoms. The standard InChI is InChI=1S/C17H20N4O3/c22-16(20-14-7-5-12(6-8-14)17(23)24)15-4-2-1-3-13(15)9-21-11-18-10-19-21/h1-4,10-12,14H,5-9H2,(H,20,22)(H,23,24). The predicted molar refractivity (Wildman–Crippen MR) is 86.4 cm³/mol. The second-order valence-electron chi connectivity index (χ2n) is 6.11.